The third kappa shape index (κ3) is 4.18. The van der Waals surface area contributed by atoms with Crippen LogP contribution in [0.15, 0.2) is 42.5 Å². The molecule has 154 valence electrons. The third-order valence-corrected chi connectivity index (χ3v) is 5.23. The van der Waals surface area contributed by atoms with Crippen molar-refractivity contribution in [3.63, 3.8) is 0 Å². The lowest BCUT2D eigenvalue weighted by molar-refractivity contribution is -0.669. The minimum absolute atomic E-state index is 0.0842. The summed E-state index contributed by atoms with van der Waals surface area (Å²) in [4.78, 5) is 18.4. The largest absolute Gasteiger partial charge is 0.381 e. The van der Waals surface area contributed by atoms with Gasteiger partial charge >= 0.3 is 0 Å². The number of nitrogens with zero attached hydrogens (tertiary/aromatic N) is 2. The Balaban J connectivity index is 2.05. The number of carbonyl (C=O) groups is 1. The highest BCUT2D eigenvalue weighted by atomic mass is 16.5. The molecule has 2 aromatic carbocycles. The van der Waals surface area contributed by atoms with Gasteiger partial charge < -0.3 is 9.84 Å². The van der Waals surface area contributed by atoms with Crippen LogP contribution in [0.3, 0.4) is 0 Å². The number of nitrogens with one attached hydrogen (secondary N) is 1. The summed E-state index contributed by atoms with van der Waals surface area (Å²) in [5.74, 6) is 0.524. The fraction of sp³-hybridized carbons (Fsp3) is 0.391. The lowest BCUT2D eigenvalue weighted by Crippen LogP contribution is -2.48. The smallest absolute Gasteiger partial charge is 0.284 e. The topological polar surface area (TPSA) is 69.4 Å². The van der Waals surface area contributed by atoms with Crippen molar-refractivity contribution in [2.75, 3.05) is 18.7 Å². The van der Waals surface area contributed by atoms with Crippen LogP contribution in [0.1, 0.15) is 43.8 Å². The third-order valence-electron chi connectivity index (χ3n) is 5.23. The first-order chi connectivity index (χ1) is 14.0. The highest BCUT2D eigenvalue weighted by Crippen LogP contribution is 2.27. The number of anilines is 1. The van der Waals surface area contributed by atoms with E-state index in [1.165, 1.54) is 0 Å². The molecule has 2 N–H and O–H groups in total. The standard InChI is InChI=1S/C23H29N3O3/c1-5-17-10-9-11-18(6-2)22(17)26(15-29-4)21(28)14-25-20-13-8-7-12-19(20)24-23(25)16(3)27/h7-13,16,27H,5-6,14-15H2,1-4H3/p+1. The number of rotatable bonds is 8. The number of ether oxygens (including phenoxy) is 1. The van der Waals surface area contributed by atoms with E-state index in [1.54, 1.807) is 18.9 Å². The number of carbonyl (C=O) groups excluding carboxylic acids is 1. The van der Waals surface area contributed by atoms with Gasteiger partial charge in [-0.2, -0.15) is 0 Å². The molecule has 0 aliphatic heterocycles. The molecule has 6 heteroatoms. The summed E-state index contributed by atoms with van der Waals surface area (Å²) >= 11 is 0. The molecule has 0 aliphatic rings. The van der Waals surface area contributed by atoms with E-state index in [1.807, 2.05) is 34.9 Å². The highest BCUT2D eigenvalue weighted by molar-refractivity contribution is 5.94. The van der Waals surface area contributed by atoms with Crippen molar-refractivity contribution in [1.82, 2.24) is 4.98 Å². The SMILES string of the molecule is CCc1cccc(CC)c1N(COC)C(=O)C[n+]1c(C(C)O)[nH]c2ccccc21. The number of aromatic nitrogens is 2. The van der Waals surface area contributed by atoms with Crippen LogP contribution in [0, 0.1) is 0 Å². The summed E-state index contributed by atoms with van der Waals surface area (Å²) in [5.41, 5.74) is 4.94. The van der Waals surface area contributed by atoms with E-state index in [0.717, 1.165) is 40.7 Å². The fourth-order valence-electron chi connectivity index (χ4n) is 3.82. The van der Waals surface area contributed by atoms with Crippen molar-refractivity contribution in [3.8, 4) is 0 Å². The number of fused-ring (bicyclic) bond motifs is 1. The number of aliphatic hydroxyl groups excluding tert-OH is 1. The maximum Gasteiger partial charge on any atom is 0.284 e. The molecule has 1 aromatic heterocycles. The Morgan fingerprint density at radius 1 is 1.14 bits per heavy atom. The molecule has 0 saturated heterocycles. The molecule has 0 aliphatic carbocycles. The number of imidazole rings is 1. The summed E-state index contributed by atoms with van der Waals surface area (Å²) in [7, 11) is 1.60. The molecule has 6 nitrogen and oxygen atoms in total. The lowest BCUT2D eigenvalue weighted by Gasteiger charge is -2.26. The normalized spacial score (nSPS) is 12.3. The van der Waals surface area contributed by atoms with Gasteiger partial charge in [0.15, 0.2) is 23.7 Å². The zero-order valence-corrected chi connectivity index (χ0v) is 17.6. The number of hydrogen-bond donors (Lipinski definition) is 2. The summed E-state index contributed by atoms with van der Waals surface area (Å²) in [6.07, 6.45) is 0.936. The number of H-pyrrole nitrogens is 1. The van der Waals surface area contributed by atoms with Crippen LogP contribution in [-0.4, -0.2) is 29.8 Å². The first-order valence-electron chi connectivity index (χ1n) is 10.1. The van der Waals surface area contributed by atoms with Crippen molar-refractivity contribution >= 4 is 22.6 Å². The van der Waals surface area contributed by atoms with E-state index >= 15 is 0 Å². The van der Waals surface area contributed by atoms with Crippen LogP contribution in [-0.2, 0) is 28.9 Å². The predicted molar refractivity (Wildman–Crippen MR) is 114 cm³/mol. The molecule has 1 atom stereocenters. The molecule has 0 fully saturated rings. The van der Waals surface area contributed by atoms with Crippen LogP contribution in [0.4, 0.5) is 5.69 Å². The Hall–Kier alpha value is -2.70. The Bertz CT molecular complexity index is 972. The first kappa shape index (κ1) is 21.0. The zero-order chi connectivity index (χ0) is 21.0. The van der Waals surface area contributed by atoms with Gasteiger partial charge in [0.2, 0.25) is 0 Å². The molecule has 0 saturated carbocycles. The predicted octanol–water partition coefficient (Wildman–Crippen LogP) is 3.27. The number of para-hydroxylation sites is 3. The van der Waals surface area contributed by atoms with Crippen molar-refractivity contribution < 1.29 is 19.2 Å². The number of hydrogen-bond acceptors (Lipinski definition) is 3. The number of aromatic amines is 1. The number of benzene rings is 2. The Labute approximate surface area is 171 Å². The average Bonchev–Trinajstić information content (AvgIpc) is 3.10. The molecular weight excluding hydrogens is 366 g/mol. The van der Waals surface area contributed by atoms with E-state index < -0.39 is 6.10 Å². The molecule has 1 unspecified atom stereocenters. The van der Waals surface area contributed by atoms with Crippen LogP contribution in [0.2, 0.25) is 0 Å². The van der Waals surface area contributed by atoms with E-state index in [9.17, 15) is 9.90 Å². The van der Waals surface area contributed by atoms with Crippen molar-refractivity contribution in [2.24, 2.45) is 0 Å². The van der Waals surface area contributed by atoms with Crippen molar-refractivity contribution in [2.45, 2.75) is 46.3 Å². The summed E-state index contributed by atoms with van der Waals surface area (Å²) in [6.45, 7) is 6.16. The molecule has 29 heavy (non-hydrogen) atoms. The van der Waals surface area contributed by atoms with Crippen LogP contribution in [0.25, 0.3) is 11.0 Å². The van der Waals surface area contributed by atoms with Gasteiger partial charge in [-0.25, -0.2) is 9.55 Å². The Morgan fingerprint density at radius 2 is 1.79 bits per heavy atom. The van der Waals surface area contributed by atoms with E-state index in [-0.39, 0.29) is 19.2 Å². The monoisotopic (exact) mass is 396 g/mol. The first-order valence-corrected chi connectivity index (χ1v) is 10.1. The van der Waals surface area contributed by atoms with Crippen LogP contribution in [0.5, 0.6) is 0 Å². The van der Waals surface area contributed by atoms with E-state index in [2.05, 4.69) is 31.0 Å². The maximum absolute atomic E-state index is 13.5. The Kier molecular flexibility index (Phi) is 6.67. The average molecular weight is 397 g/mol. The molecule has 0 bridgehead atoms. The van der Waals surface area contributed by atoms with Gasteiger partial charge in [-0.3, -0.25) is 9.69 Å². The molecule has 1 heterocycles. The van der Waals surface area contributed by atoms with Crippen LogP contribution >= 0.6 is 0 Å². The van der Waals surface area contributed by atoms with Crippen LogP contribution < -0.4 is 9.47 Å². The summed E-state index contributed by atoms with van der Waals surface area (Å²) < 4.78 is 7.25. The highest BCUT2D eigenvalue weighted by Gasteiger charge is 2.28. The number of aliphatic hydroxyl groups is 1. The molecule has 0 radical (unpaired) electrons. The molecule has 0 spiro atoms. The summed E-state index contributed by atoms with van der Waals surface area (Å²) in [6, 6.07) is 13.9. The van der Waals surface area contributed by atoms with Gasteiger partial charge in [-0.1, -0.05) is 44.2 Å². The van der Waals surface area contributed by atoms with Crippen molar-refractivity contribution in [3.05, 3.63) is 59.4 Å². The van der Waals surface area contributed by atoms with E-state index in [0.29, 0.717) is 5.82 Å². The molecule has 1 amide bonds. The zero-order valence-electron chi connectivity index (χ0n) is 17.6. The summed E-state index contributed by atoms with van der Waals surface area (Å²) in [5, 5.41) is 10.2. The minimum Gasteiger partial charge on any atom is -0.381 e. The van der Waals surface area contributed by atoms with Gasteiger partial charge in [0.05, 0.1) is 5.69 Å². The van der Waals surface area contributed by atoms with Gasteiger partial charge in [-0.05, 0) is 43.0 Å². The number of amides is 1. The van der Waals surface area contributed by atoms with Crippen molar-refractivity contribution in [1.29, 1.82) is 0 Å². The van der Waals surface area contributed by atoms with Gasteiger partial charge in [-0.15, -0.1) is 0 Å². The van der Waals surface area contributed by atoms with E-state index in [4.69, 9.17) is 4.74 Å². The number of methoxy groups -OCH3 is 1. The molecule has 3 aromatic rings. The molecule has 3 rings (SSSR count). The minimum atomic E-state index is -0.722. The van der Waals surface area contributed by atoms with Gasteiger partial charge in [0, 0.05) is 7.11 Å². The second-order valence-corrected chi connectivity index (χ2v) is 7.16. The maximum atomic E-state index is 13.5. The quantitative estimate of drug-likeness (QED) is 0.454. The Morgan fingerprint density at radius 3 is 2.38 bits per heavy atom. The lowest BCUT2D eigenvalue weighted by atomic mass is 10.0. The van der Waals surface area contributed by atoms with Gasteiger partial charge in [0.25, 0.3) is 11.7 Å². The second kappa shape index (κ2) is 9.20. The number of aryl methyl sites for hydroxylation is 2. The second-order valence-electron chi connectivity index (χ2n) is 7.16. The fourth-order valence-corrected chi connectivity index (χ4v) is 3.82. The van der Waals surface area contributed by atoms with Gasteiger partial charge in [0.1, 0.15) is 6.73 Å². The molecular formula is C23H30N3O3+.